The fourth-order valence-corrected chi connectivity index (χ4v) is 4.35. The number of likely N-dealkylation sites (N-methyl/N-ethyl adjacent to an activating group) is 1. The molecule has 3 atom stereocenters. The van der Waals surface area contributed by atoms with Crippen LogP contribution in [0.1, 0.15) is 23.4 Å². The fraction of sp³-hybridized carbons (Fsp3) is 0.800. The maximum absolute atomic E-state index is 6.08. The van der Waals surface area contributed by atoms with Gasteiger partial charge in [0.2, 0.25) is 0 Å². The Bertz CT molecular complexity index is 448. The standard InChI is InChI=1S/C15H25N3OS/c1-11-14(20-10-16-11)9-18-7-12-5-4-6-19-15(12)13(8-18)17(2)3/h10,12-13,15H,4-9H2,1-3H3/t12-,13+,15-/m0/s1. The maximum Gasteiger partial charge on any atom is 0.0798 e. The topological polar surface area (TPSA) is 28.6 Å². The molecule has 0 aliphatic carbocycles. The molecule has 2 aliphatic rings. The largest absolute Gasteiger partial charge is 0.376 e. The molecule has 2 aliphatic heterocycles. The van der Waals surface area contributed by atoms with Gasteiger partial charge in [0.05, 0.1) is 17.3 Å². The second kappa shape index (κ2) is 6.10. The van der Waals surface area contributed by atoms with E-state index in [1.54, 1.807) is 11.3 Å². The number of fused-ring (bicyclic) bond motifs is 1. The summed E-state index contributed by atoms with van der Waals surface area (Å²) in [5, 5.41) is 0. The van der Waals surface area contributed by atoms with Crippen LogP contribution in [0.3, 0.4) is 0 Å². The SMILES string of the molecule is Cc1ncsc1CN1C[C@@H]2CCCO[C@@H]2[C@H](N(C)C)C1. The number of hydrogen-bond acceptors (Lipinski definition) is 5. The van der Waals surface area contributed by atoms with Gasteiger partial charge in [0.1, 0.15) is 0 Å². The van der Waals surface area contributed by atoms with Gasteiger partial charge in [-0.15, -0.1) is 11.3 Å². The van der Waals surface area contributed by atoms with Gasteiger partial charge in [-0.1, -0.05) is 0 Å². The summed E-state index contributed by atoms with van der Waals surface area (Å²) < 4.78 is 6.08. The normalized spacial score (nSPS) is 31.5. The first kappa shape index (κ1) is 14.4. The van der Waals surface area contributed by atoms with Crippen LogP contribution in [0.2, 0.25) is 0 Å². The van der Waals surface area contributed by atoms with Gasteiger partial charge in [-0.05, 0) is 39.8 Å². The predicted octanol–water partition coefficient (Wildman–Crippen LogP) is 1.99. The lowest BCUT2D eigenvalue weighted by atomic mass is 9.85. The molecule has 4 nitrogen and oxygen atoms in total. The molecule has 3 rings (SSSR count). The lowest BCUT2D eigenvalue weighted by Crippen LogP contribution is -2.59. The Kier molecular flexibility index (Phi) is 4.40. The van der Waals surface area contributed by atoms with Crippen LogP contribution >= 0.6 is 11.3 Å². The molecule has 0 radical (unpaired) electrons. The molecule has 0 saturated carbocycles. The Labute approximate surface area is 125 Å². The maximum atomic E-state index is 6.08. The van der Waals surface area contributed by atoms with Crippen LogP contribution in [0.25, 0.3) is 0 Å². The Hall–Kier alpha value is -0.490. The first-order valence-corrected chi connectivity index (χ1v) is 8.42. The summed E-state index contributed by atoms with van der Waals surface area (Å²) in [6.07, 6.45) is 2.96. The zero-order valence-electron chi connectivity index (χ0n) is 12.7. The molecule has 0 aromatic carbocycles. The molecule has 1 aromatic heterocycles. The van der Waals surface area contributed by atoms with Crippen molar-refractivity contribution in [3.05, 3.63) is 16.1 Å². The van der Waals surface area contributed by atoms with Crippen LogP contribution < -0.4 is 0 Å². The third-order valence-electron chi connectivity index (χ3n) is 4.69. The third kappa shape index (κ3) is 2.91. The van der Waals surface area contributed by atoms with Crippen molar-refractivity contribution in [2.24, 2.45) is 5.92 Å². The van der Waals surface area contributed by atoms with E-state index in [0.29, 0.717) is 18.1 Å². The number of likely N-dealkylation sites (tertiary alicyclic amines) is 1. The highest BCUT2D eigenvalue weighted by Crippen LogP contribution is 2.31. The minimum atomic E-state index is 0.428. The van der Waals surface area contributed by atoms with E-state index < -0.39 is 0 Å². The Morgan fingerprint density at radius 1 is 1.45 bits per heavy atom. The van der Waals surface area contributed by atoms with Crippen molar-refractivity contribution in [3.8, 4) is 0 Å². The number of ether oxygens (including phenoxy) is 1. The number of rotatable bonds is 3. The molecule has 1 aromatic rings. The van der Waals surface area contributed by atoms with E-state index in [9.17, 15) is 0 Å². The van der Waals surface area contributed by atoms with Crippen molar-refractivity contribution in [2.45, 2.75) is 38.5 Å². The van der Waals surface area contributed by atoms with Crippen molar-refractivity contribution < 1.29 is 4.74 Å². The first-order valence-electron chi connectivity index (χ1n) is 7.54. The van der Waals surface area contributed by atoms with Crippen molar-refractivity contribution in [2.75, 3.05) is 33.8 Å². The molecule has 0 amide bonds. The van der Waals surface area contributed by atoms with Crippen LogP contribution in [0.15, 0.2) is 5.51 Å². The van der Waals surface area contributed by atoms with E-state index >= 15 is 0 Å². The van der Waals surface area contributed by atoms with Crippen LogP contribution in [-0.4, -0.2) is 60.7 Å². The summed E-state index contributed by atoms with van der Waals surface area (Å²) in [5.74, 6) is 0.693. The molecule has 0 spiro atoms. The van der Waals surface area contributed by atoms with Gasteiger partial charge in [0.25, 0.3) is 0 Å². The summed E-state index contributed by atoms with van der Waals surface area (Å²) in [4.78, 5) is 10.7. The molecule has 3 heterocycles. The summed E-state index contributed by atoms with van der Waals surface area (Å²) in [7, 11) is 4.36. The van der Waals surface area contributed by atoms with Gasteiger partial charge in [0.15, 0.2) is 0 Å². The number of thiazole rings is 1. The summed E-state index contributed by atoms with van der Waals surface area (Å²) in [6, 6.07) is 0.516. The molecule has 5 heteroatoms. The number of aromatic nitrogens is 1. The van der Waals surface area contributed by atoms with E-state index in [-0.39, 0.29) is 0 Å². The molecule has 0 N–H and O–H groups in total. The molecule has 2 fully saturated rings. The highest BCUT2D eigenvalue weighted by molar-refractivity contribution is 7.09. The van der Waals surface area contributed by atoms with Crippen molar-refractivity contribution in [1.82, 2.24) is 14.8 Å². The molecular weight excluding hydrogens is 270 g/mol. The smallest absolute Gasteiger partial charge is 0.0798 e. The lowest BCUT2D eigenvalue weighted by Gasteiger charge is -2.48. The van der Waals surface area contributed by atoms with Crippen molar-refractivity contribution >= 4 is 11.3 Å². The summed E-state index contributed by atoms with van der Waals surface area (Å²) in [5.41, 5.74) is 3.16. The summed E-state index contributed by atoms with van der Waals surface area (Å²) >= 11 is 1.78. The third-order valence-corrected chi connectivity index (χ3v) is 5.61. The predicted molar refractivity (Wildman–Crippen MR) is 82.1 cm³/mol. The van der Waals surface area contributed by atoms with E-state index in [2.05, 4.69) is 35.8 Å². The van der Waals surface area contributed by atoms with Gasteiger partial charge in [0, 0.05) is 37.2 Å². The second-order valence-corrected chi connectivity index (χ2v) is 7.26. The minimum Gasteiger partial charge on any atom is -0.376 e. The zero-order chi connectivity index (χ0) is 14.1. The quantitative estimate of drug-likeness (QED) is 0.853. The van der Waals surface area contributed by atoms with Crippen molar-refractivity contribution in [3.63, 3.8) is 0 Å². The molecule has 0 unspecified atom stereocenters. The number of nitrogens with zero attached hydrogens (tertiary/aromatic N) is 3. The molecule has 0 bridgehead atoms. The monoisotopic (exact) mass is 295 g/mol. The second-order valence-electron chi connectivity index (χ2n) is 6.32. The van der Waals surface area contributed by atoms with Gasteiger partial charge in [-0.2, -0.15) is 0 Å². The number of aryl methyl sites for hydroxylation is 1. The minimum absolute atomic E-state index is 0.428. The molecule has 112 valence electrons. The van der Waals surface area contributed by atoms with Crippen LogP contribution in [0.5, 0.6) is 0 Å². The molecule has 20 heavy (non-hydrogen) atoms. The van der Waals surface area contributed by atoms with Gasteiger partial charge in [-0.25, -0.2) is 4.98 Å². The average molecular weight is 295 g/mol. The van der Waals surface area contributed by atoms with E-state index in [1.165, 1.54) is 30.0 Å². The first-order chi connectivity index (χ1) is 9.65. The van der Waals surface area contributed by atoms with Crippen LogP contribution in [0.4, 0.5) is 0 Å². The van der Waals surface area contributed by atoms with E-state index in [1.807, 2.05) is 5.51 Å². The van der Waals surface area contributed by atoms with E-state index in [0.717, 1.165) is 19.7 Å². The van der Waals surface area contributed by atoms with Crippen LogP contribution in [0, 0.1) is 12.8 Å². The van der Waals surface area contributed by atoms with Gasteiger partial charge >= 0.3 is 0 Å². The Morgan fingerprint density at radius 3 is 3.00 bits per heavy atom. The Morgan fingerprint density at radius 2 is 2.30 bits per heavy atom. The highest BCUT2D eigenvalue weighted by Gasteiger charge is 2.40. The lowest BCUT2D eigenvalue weighted by molar-refractivity contribution is -0.107. The number of hydrogen-bond donors (Lipinski definition) is 0. The number of piperidine rings is 1. The zero-order valence-corrected chi connectivity index (χ0v) is 13.5. The average Bonchev–Trinajstić information content (AvgIpc) is 2.83. The fourth-order valence-electron chi connectivity index (χ4n) is 3.53. The van der Waals surface area contributed by atoms with Gasteiger partial charge in [-0.3, -0.25) is 4.90 Å². The summed E-state index contributed by atoms with van der Waals surface area (Å²) in [6.45, 7) is 6.38. The van der Waals surface area contributed by atoms with Crippen molar-refractivity contribution in [1.29, 1.82) is 0 Å². The molecular formula is C15H25N3OS. The highest BCUT2D eigenvalue weighted by atomic mass is 32.1. The van der Waals surface area contributed by atoms with E-state index in [4.69, 9.17) is 4.74 Å². The Balaban J connectivity index is 1.72. The van der Waals surface area contributed by atoms with Crippen LogP contribution in [-0.2, 0) is 11.3 Å². The van der Waals surface area contributed by atoms with Gasteiger partial charge < -0.3 is 9.64 Å². The molecule has 2 saturated heterocycles.